The van der Waals surface area contributed by atoms with E-state index in [0.29, 0.717) is 12.2 Å². The van der Waals surface area contributed by atoms with Crippen molar-refractivity contribution in [3.63, 3.8) is 0 Å². The first-order valence-corrected chi connectivity index (χ1v) is 6.96. The molecule has 1 aromatic carbocycles. The van der Waals surface area contributed by atoms with Gasteiger partial charge in [-0.05, 0) is 30.2 Å². The molecule has 0 unspecified atom stereocenters. The number of carbonyl (C=O) groups excluding carboxylic acids is 2. The second-order valence-electron chi connectivity index (χ2n) is 5.12. The first-order chi connectivity index (χ1) is 10.6. The lowest BCUT2D eigenvalue weighted by molar-refractivity contribution is 0.0454. The minimum Gasteiger partial charge on any atom is -0.462 e. The number of para-hydroxylation sites is 1. The molecule has 0 aliphatic rings. The third kappa shape index (κ3) is 4.15. The zero-order valence-corrected chi connectivity index (χ0v) is 12.5. The number of esters is 2. The third-order valence-electron chi connectivity index (χ3n) is 2.75. The van der Waals surface area contributed by atoms with Crippen LogP contribution in [-0.2, 0) is 4.74 Å². The maximum absolute atomic E-state index is 12.1. The molecule has 0 aliphatic heterocycles. The molecule has 22 heavy (non-hydrogen) atoms. The molecule has 114 valence electrons. The lowest BCUT2D eigenvalue weighted by Gasteiger charge is -2.11. The van der Waals surface area contributed by atoms with Gasteiger partial charge in [0.05, 0.1) is 12.2 Å². The maximum atomic E-state index is 12.1. The van der Waals surface area contributed by atoms with Crippen molar-refractivity contribution in [1.82, 2.24) is 4.98 Å². The maximum Gasteiger partial charge on any atom is 0.345 e. The number of carbonyl (C=O) groups is 2. The van der Waals surface area contributed by atoms with Crippen molar-refractivity contribution < 1.29 is 19.1 Å². The minimum absolute atomic E-state index is 0.171. The molecule has 1 heterocycles. The summed E-state index contributed by atoms with van der Waals surface area (Å²) in [6, 6.07) is 9.72. The highest BCUT2D eigenvalue weighted by atomic mass is 16.5. The van der Waals surface area contributed by atoms with E-state index < -0.39 is 11.9 Å². The van der Waals surface area contributed by atoms with E-state index in [0.717, 1.165) is 0 Å². The smallest absolute Gasteiger partial charge is 0.345 e. The number of ether oxygens (including phenoxy) is 2. The number of hydrogen-bond donors (Lipinski definition) is 0. The van der Waals surface area contributed by atoms with Gasteiger partial charge in [0, 0.05) is 12.4 Å². The number of rotatable bonds is 5. The summed E-state index contributed by atoms with van der Waals surface area (Å²) < 4.78 is 10.5. The first-order valence-electron chi connectivity index (χ1n) is 6.96. The van der Waals surface area contributed by atoms with Crippen molar-refractivity contribution in [3.8, 4) is 5.75 Å². The van der Waals surface area contributed by atoms with Gasteiger partial charge < -0.3 is 9.47 Å². The summed E-state index contributed by atoms with van der Waals surface area (Å²) in [6.07, 6.45) is 2.97. The monoisotopic (exact) mass is 299 g/mol. The summed E-state index contributed by atoms with van der Waals surface area (Å²) in [7, 11) is 0. The van der Waals surface area contributed by atoms with Crippen molar-refractivity contribution in [2.75, 3.05) is 6.61 Å². The minimum atomic E-state index is -0.572. The summed E-state index contributed by atoms with van der Waals surface area (Å²) in [5.74, 6) is -0.681. The van der Waals surface area contributed by atoms with E-state index in [1.807, 2.05) is 13.8 Å². The molecule has 0 fully saturated rings. The standard InChI is InChI=1S/C17H17NO4/c1-12(2)11-21-17(20)14-7-3-4-8-15(14)22-16(19)13-6-5-9-18-10-13/h3-10,12H,11H2,1-2H3. The van der Waals surface area contributed by atoms with Crippen LogP contribution < -0.4 is 4.74 Å². The van der Waals surface area contributed by atoms with Gasteiger partial charge in [-0.25, -0.2) is 9.59 Å². The Bertz CT molecular complexity index is 653. The summed E-state index contributed by atoms with van der Waals surface area (Å²) in [5.41, 5.74) is 0.535. The highest BCUT2D eigenvalue weighted by molar-refractivity contribution is 5.96. The summed E-state index contributed by atoms with van der Waals surface area (Å²) in [6.45, 7) is 4.20. The van der Waals surface area contributed by atoms with Crippen LogP contribution in [0, 0.1) is 5.92 Å². The van der Waals surface area contributed by atoms with Gasteiger partial charge in [-0.1, -0.05) is 26.0 Å². The van der Waals surface area contributed by atoms with E-state index in [1.165, 1.54) is 6.20 Å². The Morgan fingerprint density at radius 3 is 2.55 bits per heavy atom. The number of pyridine rings is 1. The molecular weight excluding hydrogens is 282 g/mol. The number of hydrogen-bond acceptors (Lipinski definition) is 5. The Balaban J connectivity index is 2.15. The molecular formula is C17H17NO4. The molecule has 0 aliphatic carbocycles. The third-order valence-corrected chi connectivity index (χ3v) is 2.75. The van der Waals surface area contributed by atoms with Gasteiger partial charge in [0.15, 0.2) is 0 Å². The van der Waals surface area contributed by atoms with Crippen molar-refractivity contribution >= 4 is 11.9 Å². The topological polar surface area (TPSA) is 65.5 Å². The fourth-order valence-corrected chi connectivity index (χ4v) is 1.69. The van der Waals surface area contributed by atoms with Crippen LogP contribution in [0.3, 0.4) is 0 Å². The van der Waals surface area contributed by atoms with E-state index in [1.54, 1.807) is 42.6 Å². The zero-order chi connectivity index (χ0) is 15.9. The van der Waals surface area contributed by atoms with Gasteiger partial charge >= 0.3 is 11.9 Å². The van der Waals surface area contributed by atoms with Gasteiger partial charge in [-0.2, -0.15) is 0 Å². The Morgan fingerprint density at radius 2 is 1.86 bits per heavy atom. The van der Waals surface area contributed by atoms with Crippen LogP contribution in [0.1, 0.15) is 34.6 Å². The molecule has 0 N–H and O–H groups in total. The second kappa shape index (κ2) is 7.36. The summed E-state index contributed by atoms with van der Waals surface area (Å²) in [5, 5.41) is 0. The Labute approximate surface area is 128 Å². The number of benzene rings is 1. The molecule has 2 aromatic rings. The molecule has 0 atom stereocenters. The van der Waals surface area contributed by atoms with E-state index in [4.69, 9.17) is 9.47 Å². The van der Waals surface area contributed by atoms with E-state index >= 15 is 0 Å². The molecule has 2 rings (SSSR count). The number of aromatic nitrogens is 1. The van der Waals surface area contributed by atoms with Crippen molar-refractivity contribution in [2.45, 2.75) is 13.8 Å². The Kier molecular flexibility index (Phi) is 5.25. The van der Waals surface area contributed by atoms with E-state index in [2.05, 4.69) is 4.98 Å². The van der Waals surface area contributed by atoms with Gasteiger partial charge in [0.25, 0.3) is 0 Å². The van der Waals surface area contributed by atoms with Crippen LogP contribution in [0.4, 0.5) is 0 Å². The van der Waals surface area contributed by atoms with Gasteiger partial charge in [-0.15, -0.1) is 0 Å². The van der Waals surface area contributed by atoms with Crippen LogP contribution in [0.5, 0.6) is 5.75 Å². The SMILES string of the molecule is CC(C)COC(=O)c1ccccc1OC(=O)c1cccnc1. The quantitative estimate of drug-likeness (QED) is 0.627. The lowest BCUT2D eigenvalue weighted by atomic mass is 10.2. The number of nitrogens with zero attached hydrogens (tertiary/aromatic N) is 1. The van der Waals surface area contributed by atoms with Crippen LogP contribution in [0.2, 0.25) is 0 Å². The summed E-state index contributed by atoms with van der Waals surface area (Å²) >= 11 is 0. The normalized spacial score (nSPS) is 10.3. The largest absolute Gasteiger partial charge is 0.462 e. The predicted octanol–water partition coefficient (Wildman–Crippen LogP) is 3.11. The lowest BCUT2D eigenvalue weighted by Crippen LogP contribution is -2.14. The molecule has 0 radical (unpaired) electrons. The van der Waals surface area contributed by atoms with Gasteiger partial charge in [0.2, 0.25) is 0 Å². The first kappa shape index (κ1) is 15.7. The second-order valence-corrected chi connectivity index (χ2v) is 5.12. The van der Waals surface area contributed by atoms with Gasteiger partial charge in [0.1, 0.15) is 11.3 Å². The average molecular weight is 299 g/mol. The molecule has 5 heteroatoms. The zero-order valence-electron chi connectivity index (χ0n) is 12.5. The van der Waals surface area contributed by atoms with Crippen molar-refractivity contribution in [3.05, 3.63) is 59.9 Å². The average Bonchev–Trinajstić information content (AvgIpc) is 2.54. The van der Waals surface area contributed by atoms with Crippen molar-refractivity contribution in [2.24, 2.45) is 5.92 Å². The van der Waals surface area contributed by atoms with Crippen LogP contribution in [0.15, 0.2) is 48.8 Å². The van der Waals surface area contributed by atoms with E-state index in [9.17, 15) is 9.59 Å². The highest BCUT2D eigenvalue weighted by Gasteiger charge is 2.17. The highest BCUT2D eigenvalue weighted by Crippen LogP contribution is 2.20. The molecule has 0 saturated carbocycles. The Hall–Kier alpha value is -2.69. The molecule has 1 aromatic heterocycles. The molecule has 0 bridgehead atoms. The molecule has 0 spiro atoms. The van der Waals surface area contributed by atoms with Crippen LogP contribution in [-0.4, -0.2) is 23.5 Å². The van der Waals surface area contributed by atoms with Crippen LogP contribution in [0.25, 0.3) is 0 Å². The van der Waals surface area contributed by atoms with Crippen LogP contribution >= 0.6 is 0 Å². The molecule has 0 amide bonds. The fourth-order valence-electron chi connectivity index (χ4n) is 1.69. The van der Waals surface area contributed by atoms with Gasteiger partial charge in [-0.3, -0.25) is 4.98 Å². The van der Waals surface area contributed by atoms with E-state index in [-0.39, 0.29) is 17.2 Å². The molecule has 0 saturated heterocycles. The fraction of sp³-hybridized carbons (Fsp3) is 0.235. The summed E-state index contributed by atoms with van der Waals surface area (Å²) in [4.78, 5) is 28.0. The predicted molar refractivity (Wildman–Crippen MR) is 80.8 cm³/mol. The van der Waals surface area contributed by atoms with Crippen molar-refractivity contribution in [1.29, 1.82) is 0 Å². The Morgan fingerprint density at radius 1 is 1.09 bits per heavy atom. The molecule has 5 nitrogen and oxygen atoms in total.